The average molecular weight is 635 g/mol. The van der Waals surface area contributed by atoms with Crippen LogP contribution in [-0.4, -0.2) is 50.4 Å². The Labute approximate surface area is 258 Å². The summed E-state index contributed by atoms with van der Waals surface area (Å²) in [6.07, 6.45) is 0.270. The summed E-state index contributed by atoms with van der Waals surface area (Å²) in [5.74, 6) is -0.681. The number of rotatable bonds is 13. The topological polar surface area (TPSA) is 96.0 Å². The molecule has 3 rings (SSSR count). The van der Waals surface area contributed by atoms with Crippen LogP contribution in [0.2, 0.25) is 10.0 Å². The number of carbonyl (C=O) groups excluding carboxylic acids is 2. The maximum atomic E-state index is 14.3. The zero-order valence-electron chi connectivity index (χ0n) is 24.4. The zero-order valence-corrected chi connectivity index (χ0v) is 26.8. The lowest BCUT2D eigenvalue weighted by Gasteiger charge is -2.34. The smallest absolute Gasteiger partial charge is 0.264 e. The molecule has 0 aliphatic heterocycles. The summed E-state index contributed by atoms with van der Waals surface area (Å²) in [5, 5.41) is 3.51. The third kappa shape index (κ3) is 7.96. The Morgan fingerprint density at radius 3 is 2.12 bits per heavy atom. The number of hydrogen-bond donors (Lipinski definition) is 1. The number of nitrogens with zero attached hydrogens (tertiary/aromatic N) is 2. The lowest BCUT2D eigenvalue weighted by atomic mass is 10.1. The van der Waals surface area contributed by atoms with Crippen molar-refractivity contribution in [3.63, 3.8) is 0 Å². The van der Waals surface area contributed by atoms with E-state index < -0.39 is 28.5 Å². The highest BCUT2D eigenvalue weighted by atomic mass is 35.5. The SMILES string of the molecule is CCOc1ccccc1N(CC(=O)N(Cc1c(Cl)cccc1Cl)C(CC)C(=O)NC(C)C)S(=O)(=O)c1ccc(C)cc1. The predicted molar refractivity (Wildman–Crippen MR) is 168 cm³/mol. The molecule has 0 saturated carbocycles. The highest BCUT2D eigenvalue weighted by Gasteiger charge is 2.35. The van der Waals surface area contributed by atoms with Crippen LogP contribution in [0.4, 0.5) is 5.69 Å². The maximum absolute atomic E-state index is 14.3. The average Bonchev–Trinajstić information content (AvgIpc) is 2.93. The van der Waals surface area contributed by atoms with Crippen LogP contribution in [0.3, 0.4) is 0 Å². The van der Waals surface area contributed by atoms with Crippen LogP contribution >= 0.6 is 23.2 Å². The summed E-state index contributed by atoms with van der Waals surface area (Å²) in [6, 6.07) is 16.9. The maximum Gasteiger partial charge on any atom is 0.264 e. The summed E-state index contributed by atoms with van der Waals surface area (Å²) in [4.78, 5) is 28.9. The van der Waals surface area contributed by atoms with Crippen LogP contribution in [0.1, 0.15) is 45.2 Å². The molecule has 0 aliphatic carbocycles. The quantitative estimate of drug-likeness (QED) is 0.241. The number of aryl methyl sites for hydroxylation is 1. The number of carbonyl (C=O) groups is 2. The summed E-state index contributed by atoms with van der Waals surface area (Å²) in [6.45, 7) is 8.64. The molecule has 0 fully saturated rings. The molecule has 1 unspecified atom stereocenters. The predicted octanol–water partition coefficient (Wildman–Crippen LogP) is 6.23. The second-order valence-electron chi connectivity index (χ2n) is 10.0. The molecule has 2 amide bonds. The summed E-state index contributed by atoms with van der Waals surface area (Å²) < 4.78 is 35.0. The van der Waals surface area contributed by atoms with Crippen molar-refractivity contribution in [1.82, 2.24) is 10.2 Å². The Bertz CT molecular complexity index is 1480. The first kappa shape index (κ1) is 33.2. The molecule has 8 nitrogen and oxygen atoms in total. The second kappa shape index (κ2) is 14.8. The van der Waals surface area contributed by atoms with Crippen molar-refractivity contribution in [2.75, 3.05) is 17.5 Å². The standard InChI is InChI=1S/C31H37Cl2N3O5S/c1-6-27(31(38)34-21(3)4)35(19-24-25(32)11-10-12-26(24)33)30(37)20-36(28-13-8-9-14-29(28)41-7-2)42(39,40)23-17-15-22(5)16-18-23/h8-18,21,27H,6-7,19-20H2,1-5H3,(H,34,38). The minimum atomic E-state index is -4.25. The molecule has 0 aromatic heterocycles. The molecule has 3 aromatic rings. The highest BCUT2D eigenvalue weighted by Crippen LogP contribution is 2.33. The lowest BCUT2D eigenvalue weighted by molar-refractivity contribution is -0.140. The zero-order chi connectivity index (χ0) is 31.0. The lowest BCUT2D eigenvalue weighted by Crippen LogP contribution is -2.53. The number of para-hydroxylation sites is 2. The Morgan fingerprint density at radius 2 is 1.55 bits per heavy atom. The van der Waals surface area contributed by atoms with E-state index in [9.17, 15) is 18.0 Å². The van der Waals surface area contributed by atoms with Crippen molar-refractivity contribution in [3.8, 4) is 5.75 Å². The van der Waals surface area contributed by atoms with E-state index in [0.29, 0.717) is 21.4 Å². The van der Waals surface area contributed by atoms with Gasteiger partial charge in [-0.15, -0.1) is 0 Å². The number of hydrogen-bond acceptors (Lipinski definition) is 5. The monoisotopic (exact) mass is 633 g/mol. The Kier molecular flexibility index (Phi) is 11.7. The largest absolute Gasteiger partial charge is 0.492 e. The number of nitrogens with one attached hydrogen (secondary N) is 1. The van der Waals surface area contributed by atoms with Crippen LogP contribution < -0.4 is 14.4 Å². The van der Waals surface area contributed by atoms with Crippen molar-refractivity contribution in [2.24, 2.45) is 0 Å². The van der Waals surface area contributed by atoms with E-state index in [4.69, 9.17) is 27.9 Å². The van der Waals surface area contributed by atoms with Gasteiger partial charge < -0.3 is 15.0 Å². The minimum Gasteiger partial charge on any atom is -0.492 e. The number of anilines is 1. The number of amides is 2. The summed E-state index contributed by atoms with van der Waals surface area (Å²) >= 11 is 12.9. The highest BCUT2D eigenvalue weighted by molar-refractivity contribution is 7.92. The van der Waals surface area contributed by atoms with Gasteiger partial charge in [0, 0.05) is 28.2 Å². The number of halogens is 2. The van der Waals surface area contributed by atoms with Crippen molar-refractivity contribution >= 4 is 50.7 Å². The van der Waals surface area contributed by atoms with E-state index in [1.54, 1.807) is 68.4 Å². The fourth-order valence-electron chi connectivity index (χ4n) is 4.45. The van der Waals surface area contributed by atoms with E-state index in [-0.39, 0.29) is 42.1 Å². The van der Waals surface area contributed by atoms with Crippen LogP contribution in [-0.2, 0) is 26.2 Å². The first-order valence-corrected chi connectivity index (χ1v) is 15.9. The van der Waals surface area contributed by atoms with Gasteiger partial charge in [0.1, 0.15) is 18.3 Å². The minimum absolute atomic E-state index is 0.0116. The molecule has 0 saturated heterocycles. The van der Waals surface area contributed by atoms with Gasteiger partial charge in [0.2, 0.25) is 11.8 Å². The molecular weight excluding hydrogens is 597 g/mol. The van der Waals surface area contributed by atoms with Gasteiger partial charge in [0.25, 0.3) is 10.0 Å². The van der Waals surface area contributed by atoms with Crippen LogP contribution in [0.5, 0.6) is 5.75 Å². The van der Waals surface area contributed by atoms with Gasteiger partial charge in [-0.25, -0.2) is 8.42 Å². The van der Waals surface area contributed by atoms with Gasteiger partial charge in [-0.2, -0.15) is 0 Å². The fourth-order valence-corrected chi connectivity index (χ4v) is 6.39. The third-order valence-corrected chi connectivity index (χ3v) is 9.01. The summed E-state index contributed by atoms with van der Waals surface area (Å²) in [7, 11) is -4.25. The number of ether oxygens (including phenoxy) is 1. The summed E-state index contributed by atoms with van der Waals surface area (Å²) in [5.41, 5.74) is 1.53. The van der Waals surface area contributed by atoms with E-state index in [1.807, 2.05) is 20.8 Å². The van der Waals surface area contributed by atoms with Crippen molar-refractivity contribution in [1.29, 1.82) is 0 Å². The molecule has 226 valence electrons. The van der Waals surface area contributed by atoms with E-state index in [0.717, 1.165) is 9.87 Å². The van der Waals surface area contributed by atoms with Gasteiger partial charge in [0.15, 0.2) is 0 Å². The van der Waals surface area contributed by atoms with Gasteiger partial charge in [0.05, 0.1) is 17.2 Å². The van der Waals surface area contributed by atoms with Gasteiger partial charge in [-0.3, -0.25) is 13.9 Å². The second-order valence-corrected chi connectivity index (χ2v) is 12.7. The van der Waals surface area contributed by atoms with Crippen molar-refractivity contribution in [3.05, 3.63) is 87.9 Å². The van der Waals surface area contributed by atoms with E-state index in [2.05, 4.69) is 5.32 Å². The molecule has 1 N–H and O–H groups in total. The molecule has 0 bridgehead atoms. The Morgan fingerprint density at radius 1 is 0.929 bits per heavy atom. The molecule has 1 atom stereocenters. The van der Waals surface area contributed by atoms with Gasteiger partial charge in [-0.1, -0.05) is 66.0 Å². The Hall–Kier alpha value is -3.27. The first-order valence-electron chi connectivity index (χ1n) is 13.7. The van der Waals surface area contributed by atoms with Crippen LogP contribution in [0.25, 0.3) is 0 Å². The fraction of sp³-hybridized carbons (Fsp3) is 0.355. The molecule has 42 heavy (non-hydrogen) atoms. The van der Waals surface area contributed by atoms with E-state index >= 15 is 0 Å². The Balaban J connectivity index is 2.15. The molecule has 0 heterocycles. The number of sulfonamides is 1. The van der Waals surface area contributed by atoms with Crippen molar-refractivity contribution < 1.29 is 22.7 Å². The number of benzene rings is 3. The van der Waals surface area contributed by atoms with Crippen molar-refractivity contribution in [2.45, 2.75) is 64.6 Å². The molecule has 0 aliphatic rings. The first-order chi connectivity index (χ1) is 19.9. The van der Waals surface area contributed by atoms with E-state index in [1.165, 1.54) is 17.0 Å². The van der Waals surface area contributed by atoms with Crippen LogP contribution in [0.15, 0.2) is 71.6 Å². The normalized spacial score (nSPS) is 12.1. The molecule has 11 heteroatoms. The molecule has 0 spiro atoms. The molecule has 0 radical (unpaired) electrons. The van der Waals surface area contributed by atoms with Crippen LogP contribution in [0, 0.1) is 6.92 Å². The molecular formula is C31H37Cl2N3O5S. The third-order valence-electron chi connectivity index (χ3n) is 6.53. The van der Waals surface area contributed by atoms with Gasteiger partial charge in [-0.05, 0) is 70.5 Å². The van der Waals surface area contributed by atoms with Gasteiger partial charge >= 0.3 is 0 Å². The molecule has 3 aromatic carbocycles.